The van der Waals surface area contributed by atoms with Gasteiger partial charge in [0.05, 0.1) is 12.1 Å². The highest BCUT2D eigenvalue weighted by Crippen LogP contribution is 2.47. The van der Waals surface area contributed by atoms with E-state index in [1.807, 2.05) is 71.9 Å². The zero-order valence-electron chi connectivity index (χ0n) is 21.3. The Balaban J connectivity index is 2.13. The van der Waals surface area contributed by atoms with Gasteiger partial charge in [0.25, 0.3) is 0 Å². The van der Waals surface area contributed by atoms with Crippen molar-refractivity contribution in [3.63, 3.8) is 0 Å². The van der Waals surface area contributed by atoms with Crippen molar-refractivity contribution in [2.75, 3.05) is 5.32 Å². The lowest BCUT2D eigenvalue weighted by Crippen LogP contribution is -2.23. The Labute approximate surface area is 207 Å². The molecule has 0 atom stereocenters. The van der Waals surface area contributed by atoms with E-state index in [2.05, 4.69) is 17.4 Å². The minimum atomic E-state index is -0.920. The maximum absolute atomic E-state index is 12.8. The van der Waals surface area contributed by atoms with Gasteiger partial charge in [-0.2, -0.15) is 0 Å². The number of amides is 1. The Bertz CT molecular complexity index is 1330. The topological polar surface area (TPSA) is 75.6 Å². The monoisotopic (exact) mass is 471 g/mol. The molecule has 0 bridgehead atoms. The molecule has 3 aromatic carbocycles. The van der Waals surface area contributed by atoms with Gasteiger partial charge in [-0.25, -0.2) is 0 Å². The Morgan fingerprint density at radius 1 is 0.971 bits per heavy atom. The molecular weight excluding hydrogens is 438 g/mol. The predicted octanol–water partition coefficient (Wildman–Crippen LogP) is 6.63. The Kier molecular flexibility index (Phi) is 6.46. The highest BCUT2D eigenvalue weighted by Gasteiger charge is 2.28. The lowest BCUT2D eigenvalue weighted by molar-refractivity contribution is -0.136. The zero-order chi connectivity index (χ0) is 25.5. The Morgan fingerprint density at radius 3 is 2.37 bits per heavy atom. The number of aryl methyl sites for hydroxylation is 2. The normalized spacial score (nSPS) is 13.3. The second kappa shape index (κ2) is 9.21. The Morgan fingerprint density at radius 2 is 1.69 bits per heavy atom. The van der Waals surface area contributed by atoms with Gasteiger partial charge in [0.2, 0.25) is 5.91 Å². The molecule has 0 aromatic heterocycles. The van der Waals surface area contributed by atoms with Gasteiger partial charge in [0.1, 0.15) is 11.4 Å². The van der Waals surface area contributed by atoms with Crippen molar-refractivity contribution >= 4 is 17.6 Å². The van der Waals surface area contributed by atoms with Crippen molar-refractivity contribution in [3.8, 4) is 28.0 Å². The maximum atomic E-state index is 12.8. The molecule has 0 saturated carbocycles. The van der Waals surface area contributed by atoms with E-state index < -0.39 is 11.6 Å². The molecule has 1 heterocycles. The third-order valence-corrected chi connectivity index (χ3v) is 6.45. The van der Waals surface area contributed by atoms with Crippen LogP contribution in [0.5, 0.6) is 5.75 Å². The standard InChI is InChI=1S/C30H33NO4/c1-17-11-13-22(24(15-17)35-30(4,5)6)27-19(3)28-21-10-8-7-9-20(21)12-14-25(32)31-29(28)18(2)23(27)16-26(33)34/h7-11,13,15H,12,14,16H2,1-6H3,(H,31,32)(H,33,34). The number of carbonyl (C=O) groups is 2. The van der Waals surface area contributed by atoms with Crippen molar-refractivity contribution < 1.29 is 19.4 Å². The van der Waals surface area contributed by atoms with Crippen LogP contribution in [0.4, 0.5) is 5.69 Å². The summed E-state index contributed by atoms with van der Waals surface area (Å²) in [6.45, 7) is 11.9. The van der Waals surface area contributed by atoms with Gasteiger partial charge in [-0.15, -0.1) is 0 Å². The fourth-order valence-corrected chi connectivity index (χ4v) is 4.98. The number of rotatable bonds is 4. The molecule has 182 valence electrons. The maximum Gasteiger partial charge on any atom is 0.307 e. The van der Waals surface area contributed by atoms with Crippen molar-refractivity contribution in [2.45, 2.75) is 66.4 Å². The van der Waals surface area contributed by atoms with Crippen LogP contribution in [0.1, 0.15) is 55.0 Å². The summed E-state index contributed by atoms with van der Waals surface area (Å²) in [5.74, 6) is -0.268. The molecule has 5 nitrogen and oxygen atoms in total. The van der Waals surface area contributed by atoms with E-state index in [0.717, 1.165) is 50.3 Å². The van der Waals surface area contributed by atoms with Crippen molar-refractivity contribution in [2.24, 2.45) is 0 Å². The van der Waals surface area contributed by atoms with Gasteiger partial charge in [-0.3, -0.25) is 9.59 Å². The van der Waals surface area contributed by atoms with Gasteiger partial charge in [0, 0.05) is 17.5 Å². The van der Waals surface area contributed by atoms with Crippen molar-refractivity contribution in [3.05, 3.63) is 70.3 Å². The van der Waals surface area contributed by atoms with E-state index in [4.69, 9.17) is 4.74 Å². The largest absolute Gasteiger partial charge is 0.488 e. The summed E-state index contributed by atoms with van der Waals surface area (Å²) in [6, 6.07) is 14.2. The second-order valence-electron chi connectivity index (χ2n) is 10.3. The molecule has 1 amide bonds. The Hall–Kier alpha value is -3.60. The molecule has 0 radical (unpaired) electrons. The molecule has 0 aliphatic carbocycles. The number of carboxylic acid groups (broad SMARTS) is 1. The SMILES string of the molecule is Cc1ccc(-c2c(C)c3c(c(C)c2CC(=O)O)NC(=O)CCc2ccccc2-3)c(OC(C)(C)C)c1. The number of nitrogens with one attached hydrogen (secondary N) is 1. The van der Waals surface area contributed by atoms with Crippen LogP contribution in [-0.4, -0.2) is 22.6 Å². The minimum Gasteiger partial charge on any atom is -0.488 e. The number of carboxylic acids is 1. The molecule has 0 fully saturated rings. The highest BCUT2D eigenvalue weighted by atomic mass is 16.5. The average Bonchev–Trinajstić information content (AvgIpc) is 2.75. The van der Waals surface area contributed by atoms with Crippen molar-refractivity contribution in [1.82, 2.24) is 0 Å². The quantitative estimate of drug-likeness (QED) is 0.447. The van der Waals surface area contributed by atoms with Gasteiger partial charge in [-0.05, 0) is 93.0 Å². The zero-order valence-corrected chi connectivity index (χ0v) is 21.3. The number of carbonyl (C=O) groups excluding carboxylic acids is 1. The first-order valence-electron chi connectivity index (χ1n) is 12.0. The molecule has 2 N–H and O–H groups in total. The number of benzene rings is 3. The molecule has 4 rings (SSSR count). The fraction of sp³-hybridized carbons (Fsp3) is 0.333. The minimum absolute atomic E-state index is 0.0654. The van der Waals surface area contributed by atoms with Crippen LogP contribution in [0.2, 0.25) is 0 Å². The van der Waals surface area contributed by atoms with Crippen LogP contribution in [-0.2, 0) is 22.4 Å². The van der Waals surface area contributed by atoms with Gasteiger partial charge >= 0.3 is 5.97 Å². The van der Waals surface area contributed by atoms with Crippen LogP contribution in [0.25, 0.3) is 22.3 Å². The number of ether oxygens (including phenoxy) is 1. The second-order valence-corrected chi connectivity index (χ2v) is 10.3. The summed E-state index contributed by atoms with van der Waals surface area (Å²) < 4.78 is 6.38. The van der Waals surface area contributed by atoms with E-state index in [-0.39, 0.29) is 12.3 Å². The highest BCUT2D eigenvalue weighted by molar-refractivity contribution is 6.02. The van der Waals surface area contributed by atoms with Crippen LogP contribution < -0.4 is 10.1 Å². The lowest BCUT2D eigenvalue weighted by Gasteiger charge is -2.29. The number of anilines is 1. The van der Waals surface area contributed by atoms with E-state index in [1.54, 1.807) is 0 Å². The first-order chi connectivity index (χ1) is 16.5. The summed E-state index contributed by atoms with van der Waals surface area (Å²) in [5, 5.41) is 13.0. The molecule has 3 aromatic rings. The van der Waals surface area contributed by atoms with E-state index in [0.29, 0.717) is 24.1 Å². The molecule has 0 spiro atoms. The summed E-state index contributed by atoms with van der Waals surface area (Å²) in [5.41, 5.74) is 8.55. The number of hydrogen-bond acceptors (Lipinski definition) is 3. The third-order valence-electron chi connectivity index (χ3n) is 6.45. The molecule has 0 saturated heterocycles. The smallest absolute Gasteiger partial charge is 0.307 e. The molecule has 0 unspecified atom stereocenters. The van der Waals surface area contributed by atoms with Crippen LogP contribution in [0, 0.1) is 20.8 Å². The summed E-state index contributed by atoms with van der Waals surface area (Å²) in [7, 11) is 0. The molecule has 5 heteroatoms. The number of fused-ring (bicyclic) bond motifs is 3. The van der Waals surface area contributed by atoms with Gasteiger partial charge in [-0.1, -0.05) is 36.4 Å². The molecule has 1 aliphatic rings. The van der Waals surface area contributed by atoms with Crippen LogP contribution in [0.3, 0.4) is 0 Å². The number of hydrogen-bond donors (Lipinski definition) is 2. The van der Waals surface area contributed by atoms with Gasteiger partial charge in [0.15, 0.2) is 0 Å². The molecule has 35 heavy (non-hydrogen) atoms. The first kappa shape index (κ1) is 24.5. The van der Waals surface area contributed by atoms with Crippen LogP contribution >= 0.6 is 0 Å². The molecular formula is C30H33NO4. The average molecular weight is 472 g/mol. The van der Waals surface area contributed by atoms with E-state index in [9.17, 15) is 14.7 Å². The lowest BCUT2D eigenvalue weighted by atomic mass is 9.81. The summed E-state index contributed by atoms with van der Waals surface area (Å²) in [6.07, 6.45) is 0.872. The summed E-state index contributed by atoms with van der Waals surface area (Å²) >= 11 is 0. The summed E-state index contributed by atoms with van der Waals surface area (Å²) in [4.78, 5) is 24.8. The molecule has 1 aliphatic heterocycles. The predicted molar refractivity (Wildman–Crippen MR) is 140 cm³/mol. The third kappa shape index (κ3) is 4.95. The van der Waals surface area contributed by atoms with Crippen molar-refractivity contribution in [1.29, 1.82) is 0 Å². The van der Waals surface area contributed by atoms with E-state index in [1.165, 1.54) is 0 Å². The van der Waals surface area contributed by atoms with Gasteiger partial charge < -0.3 is 15.2 Å². The number of aliphatic carboxylic acids is 1. The van der Waals surface area contributed by atoms with Crippen LogP contribution in [0.15, 0.2) is 42.5 Å². The first-order valence-corrected chi connectivity index (χ1v) is 12.0. The fourth-order valence-electron chi connectivity index (χ4n) is 4.98. The van der Waals surface area contributed by atoms with E-state index >= 15 is 0 Å².